The van der Waals surface area contributed by atoms with Crippen LogP contribution in [-0.2, 0) is 23.4 Å². The van der Waals surface area contributed by atoms with Crippen molar-refractivity contribution in [1.29, 1.82) is 0 Å². The van der Waals surface area contributed by atoms with E-state index in [1.54, 1.807) is 25.7 Å². The number of aliphatic hydroxyl groups excluding tert-OH is 2. The molecule has 3 N–H and O–H groups in total. The second kappa shape index (κ2) is 9.62. The van der Waals surface area contributed by atoms with E-state index in [0.717, 1.165) is 12.8 Å². The first-order valence-corrected chi connectivity index (χ1v) is 11.7. The number of morpholine rings is 1. The Balaban J connectivity index is 1.77. The van der Waals surface area contributed by atoms with Gasteiger partial charge < -0.3 is 34.4 Å². The first kappa shape index (κ1) is 23.6. The summed E-state index contributed by atoms with van der Waals surface area (Å²) in [5, 5.41) is 22.5. The summed E-state index contributed by atoms with van der Waals surface area (Å²) in [5.74, 6) is -0.377. The third-order valence-corrected chi connectivity index (χ3v) is 8.06. The molecule has 2 saturated heterocycles. The maximum absolute atomic E-state index is 13.9. The molecule has 0 spiro atoms. The van der Waals surface area contributed by atoms with Crippen molar-refractivity contribution in [3.63, 3.8) is 0 Å². The Bertz CT molecular complexity index is 706. The number of carbonyl (C=O) groups excluding carboxylic acids is 1. The molecule has 0 saturated carbocycles. The van der Waals surface area contributed by atoms with Gasteiger partial charge in [-0.05, 0) is 40.8 Å². The molecular weight excluding hydrogens is 415 g/mol. The number of nitrogens with zero attached hydrogens (tertiary/aromatic N) is 3. The van der Waals surface area contributed by atoms with Crippen LogP contribution < -0.4 is 5.32 Å². The molecule has 6 atom stereocenters. The van der Waals surface area contributed by atoms with Crippen molar-refractivity contribution in [3.05, 3.63) is 11.8 Å². The van der Waals surface area contributed by atoms with Crippen molar-refractivity contribution >= 4 is 13.6 Å². The minimum Gasteiger partial charge on any atom is -0.394 e. The van der Waals surface area contributed by atoms with E-state index in [0.29, 0.717) is 5.57 Å². The highest BCUT2D eigenvalue weighted by atomic mass is 31.2. The molecule has 0 aliphatic carbocycles. The number of ether oxygens (including phenoxy) is 2. The van der Waals surface area contributed by atoms with Crippen molar-refractivity contribution in [2.24, 2.45) is 0 Å². The van der Waals surface area contributed by atoms with E-state index < -0.39 is 26.4 Å². The molecule has 3 heterocycles. The second-order valence-corrected chi connectivity index (χ2v) is 10.8. The molecule has 11 nitrogen and oxygen atoms in total. The number of carbonyl (C=O) groups is 1. The fourth-order valence-corrected chi connectivity index (χ4v) is 5.80. The Morgan fingerprint density at radius 2 is 2.03 bits per heavy atom. The molecule has 1 amide bonds. The van der Waals surface area contributed by atoms with Gasteiger partial charge in [0.05, 0.1) is 38.1 Å². The average Bonchev–Trinajstić information content (AvgIpc) is 3.13. The van der Waals surface area contributed by atoms with Crippen LogP contribution in [-0.4, -0.2) is 102 Å². The number of rotatable bonds is 7. The van der Waals surface area contributed by atoms with Gasteiger partial charge in [0.2, 0.25) is 6.35 Å². The van der Waals surface area contributed by atoms with Crippen molar-refractivity contribution in [2.45, 2.75) is 57.6 Å². The van der Waals surface area contributed by atoms with Crippen LogP contribution in [0.3, 0.4) is 0 Å². The van der Waals surface area contributed by atoms with Crippen molar-refractivity contribution in [1.82, 2.24) is 19.6 Å². The summed E-state index contributed by atoms with van der Waals surface area (Å²) in [6.45, 7) is 3.88. The van der Waals surface area contributed by atoms with Gasteiger partial charge in [-0.3, -0.25) is 9.36 Å². The molecule has 3 aliphatic rings. The molecule has 0 aromatic rings. The molecule has 0 radical (unpaired) electrons. The van der Waals surface area contributed by atoms with Crippen molar-refractivity contribution < 1.29 is 33.6 Å². The van der Waals surface area contributed by atoms with Crippen LogP contribution in [0.1, 0.15) is 26.7 Å². The van der Waals surface area contributed by atoms with Gasteiger partial charge in [0.25, 0.3) is 5.91 Å². The quantitative estimate of drug-likeness (QED) is 0.454. The Morgan fingerprint density at radius 1 is 1.30 bits per heavy atom. The number of hydrogen-bond donors (Lipinski definition) is 3. The first-order valence-electron chi connectivity index (χ1n) is 10.2. The minimum atomic E-state index is -3.45. The zero-order chi connectivity index (χ0) is 22.1. The maximum atomic E-state index is 13.9. The standard InChI is InChI=1S/C18H33N4O7P/c1-12-7-22(18(25)19-17(12)24)16-9-21(8-15(10-23)29-16)30(26,20(3)4)27-11-14-6-5-13(2)28-14/h7,13-16,18,23,25H,5-6,8-11H2,1-4H3,(H,19,24). The zero-order valence-corrected chi connectivity index (χ0v) is 18.8. The molecule has 6 unspecified atom stereocenters. The lowest BCUT2D eigenvalue weighted by Gasteiger charge is -2.46. The lowest BCUT2D eigenvalue weighted by atomic mass is 10.2. The van der Waals surface area contributed by atoms with E-state index in [-0.39, 0.29) is 44.4 Å². The van der Waals surface area contributed by atoms with Crippen LogP contribution in [0.5, 0.6) is 0 Å². The zero-order valence-electron chi connectivity index (χ0n) is 17.9. The molecule has 172 valence electrons. The minimum absolute atomic E-state index is 0.108. The van der Waals surface area contributed by atoms with Gasteiger partial charge in [-0.1, -0.05) is 0 Å². The van der Waals surface area contributed by atoms with Gasteiger partial charge in [-0.2, -0.15) is 0 Å². The average molecular weight is 448 g/mol. The maximum Gasteiger partial charge on any atom is 0.345 e. The molecule has 0 bridgehead atoms. The fourth-order valence-electron chi connectivity index (χ4n) is 3.81. The van der Waals surface area contributed by atoms with Gasteiger partial charge in [-0.25, -0.2) is 9.34 Å². The molecular formula is C18H33N4O7P. The van der Waals surface area contributed by atoms with E-state index in [9.17, 15) is 19.6 Å². The van der Waals surface area contributed by atoms with E-state index in [2.05, 4.69) is 5.32 Å². The Labute approximate surface area is 177 Å². The first-order chi connectivity index (χ1) is 14.1. The predicted molar refractivity (Wildman–Crippen MR) is 108 cm³/mol. The highest BCUT2D eigenvalue weighted by Crippen LogP contribution is 2.54. The third-order valence-electron chi connectivity index (χ3n) is 5.52. The summed E-state index contributed by atoms with van der Waals surface area (Å²) in [5.41, 5.74) is 0.404. The number of aliphatic hydroxyl groups is 2. The van der Waals surface area contributed by atoms with E-state index in [4.69, 9.17) is 14.0 Å². The molecule has 12 heteroatoms. The van der Waals surface area contributed by atoms with Crippen molar-refractivity contribution in [3.8, 4) is 0 Å². The summed E-state index contributed by atoms with van der Waals surface area (Å²) < 4.78 is 34.7. The third kappa shape index (κ3) is 5.05. The fraction of sp³-hybridized carbons (Fsp3) is 0.833. The molecule has 2 fully saturated rings. The second-order valence-electron chi connectivity index (χ2n) is 8.15. The smallest absolute Gasteiger partial charge is 0.345 e. The number of nitrogens with one attached hydrogen (secondary N) is 1. The van der Waals surface area contributed by atoms with Gasteiger partial charge in [0.1, 0.15) is 6.23 Å². The van der Waals surface area contributed by atoms with Gasteiger partial charge in [-0.15, -0.1) is 0 Å². The molecule has 30 heavy (non-hydrogen) atoms. The van der Waals surface area contributed by atoms with Gasteiger partial charge >= 0.3 is 7.67 Å². The van der Waals surface area contributed by atoms with Crippen LogP contribution in [0, 0.1) is 0 Å². The molecule has 0 aromatic heterocycles. The van der Waals surface area contributed by atoms with E-state index >= 15 is 0 Å². The summed E-state index contributed by atoms with van der Waals surface area (Å²) in [6.07, 6.45) is 0.668. The predicted octanol–water partition coefficient (Wildman–Crippen LogP) is -0.129. The van der Waals surface area contributed by atoms with Crippen LogP contribution in [0.4, 0.5) is 0 Å². The normalized spacial score (nSPS) is 35.3. The van der Waals surface area contributed by atoms with E-state index in [1.165, 1.54) is 15.8 Å². The summed E-state index contributed by atoms with van der Waals surface area (Å²) in [7, 11) is -0.0900. The summed E-state index contributed by atoms with van der Waals surface area (Å²) in [4.78, 5) is 13.2. The monoisotopic (exact) mass is 448 g/mol. The number of hydrogen-bond acceptors (Lipinski definition) is 8. The van der Waals surface area contributed by atoms with Gasteiger partial charge in [0.15, 0.2) is 0 Å². The highest BCUT2D eigenvalue weighted by molar-refractivity contribution is 7.53. The Hall–Kier alpha value is -1.04. The van der Waals surface area contributed by atoms with Crippen LogP contribution >= 0.6 is 7.67 Å². The SMILES string of the molecule is CC1=CN(C2CN(P(=O)(OCC3CCC(C)O3)N(C)C)CC(CO)O2)C(O)NC1=O. The van der Waals surface area contributed by atoms with Crippen LogP contribution in [0.15, 0.2) is 11.8 Å². The summed E-state index contributed by atoms with van der Waals surface area (Å²) in [6, 6.07) is 0. The van der Waals surface area contributed by atoms with E-state index in [1.807, 2.05) is 6.92 Å². The van der Waals surface area contributed by atoms with Crippen LogP contribution in [0.25, 0.3) is 0 Å². The lowest BCUT2D eigenvalue weighted by molar-refractivity contribution is -0.182. The molecule has 0 aromatic carbocycles. The summed E-state index contributed by atoms with van der Waals surface area (Å²) >= 11 is 0. The lowest BCUT2D eigenvalue weighted by Crippen LogP contribution is -2.60. The highest BCUT2D eigenvalue weighted by Gasteiger charge is 2.44. The van der Waals surface area contributed by atoms with Gasteiger partial charge in [0, 0.05) is 18.3 Å². The Kier molecular flexibility index (Phi) is 7.57. The number of amides is 1. The molecule has 3 rings (SSSR count). The largest absolute Gasteiger partial charge is 0.394 e. The topological polar surface area (TPSA) is 124 Å². The van der Waals surface area contributed by atoms with Crippen molar-refractivity contribution in [2.75, 3.05) is 40.4 Å². The molecule has 3 aliphatic heterocycles. The van der Waals surface area contributed by atoms with Crippen LogP contribution in [0.2, 0.25) is 0 Å². The Morgan fingerprint density at radius 3 is 2.63 bits per heavy atom.